The van der Waals surface area contributed by atoms with Gasteiger partial charge in [0, 0.05) is 6.04 Å². The predicted octanol–water partition coefficient (Wildman–Crippen LogP) is 4.76. The summed E-state index contributed by atoms with van der Waals surface area (Å²) in [7, 11) is 2.27. The second kappa shape index (κ2) is 5.30. The fourth-order valence-corrected chi connectivity index (χ4v) is 7.24. The molecular formula is C19H33N. The topological polar surface area (TPSA) is 12.0 Å². The largest absolute Gasteiger partial charge is 0.316 e. The summed E-state index contributed by atoms with van der Waals surface area (Å²) in [5.74, 6) is 4.28. The summed E-state index contributed by atoms with van der Waals surface area (Å²) in [4.78, 5) is 0. The van der Waals surface area contributed by atoms with Crippen LogP contribution in [0, 0.1) is 29.1 Å². The summed E-state index contributed by atoms with van der Waals surface area (Å²) < 4.78 is 0. The van der Waals surface area contributed by atoms with Crippen molar-refractivity contribution in [2.24, 2.45) is 29.1 Å². The molecule has 0 spiro atoms. The van der Waals surface area contributed by atoms with Crippen LogP contribution in [0.15, 0.2) is 0 Å². The summed E-state index contributed by atoms with van der Waals surface area (Å²) in [6.45, 7) is 0. The van der Waals surface area contributed by atoms with Gasteiger partial charge in [-0.25, -0.2) is 0 Å². The predicted molar refractivity (Wildman–Crippen MR) is 84.6 cm³/mol. The molecule has 1 N–H and O–H groups in total. The molecule has 4 bridgehead atoms. The molecule has 1 unspecified atom stereocenters. The van der Waals surface area contributed by atoms with Crippen LogP contribution in [-0.4, -0.2) is 13.1 Å². The van der Waals surface area contributed by atoms with Crippen molar-refractivity contribution >= 4 is 0 Å². The van der Waals surface area contributed by atoms with E-state index in [0.29, 0.717) is 5.41 Å². The third-order valence-electron chi connectivity index (χ3n) is 7.43. The third-order valence-corrected chi connectivity index (χ3v) is 7.43. The van der Waals surface area contributed by atoms with Gasteiger partial charge in [0.1, 0.15) is 0 Å². The zero-order chi connectivity index (χ0) is 13.6. The Morgan fingerprint density at radius 3 is 1.75 bits per heavy atom. The van der Waals surface area contributed by atoms with Gasteiger partial charge >= 0.3 is 0 Å². The van der Waals surface area contributed by atoms with E-state index < -0.39 is 0 Å². The Bertz CT molecular complexity index is 304. The highest BCUT2D eigenvalue weighted by Gasteiger charge is 2.54. The van der Waals surface area contributed by atoms with Gasteiger partial charge in [-0.1, -0.05) is 25.7 Å². The molecule has 0 heterocycles. The molecule has 5 fully saturated rings. The van der Waals surface area contributed by atoms with E-state index in [4.69, 9.17) is 0 Å². The zero-order valence-corrected chi connectivity index (χ0v) is 13.4. The van der Waals surface area contributed by atoms with Crippen molar-refractivity contribution in [3.05, 3.63) is 0 Å². The fraction of sp³-hybridized carbons (Fsp3) is 1.00. The number of rotatable bonds is 3. The Balaban J connectivity index is 1.57. The lowest BCUT2D eigenvalue weighted by atomic mass is 9.46. The molecule has 0 aromatic heterocycles. The number of nitrogens with one attached hydrogen (secondary N) is 1. The lowest BCUT2D eigenvalue weighted by molar-refractivity contribution is -0.0848. The van der Waals surface area contributed by atoms with Crippen molar-refractivity contribution in [2.75, 3.05) is 7.05 Å². The van der Waals surface area contributed by atoms with Gasteiger partial charge in [-0.05, 0) is 87.5 Å². The van der Waals surface area contributed by atoms with Crippen molar-refractivity contribution in [3.63, 3.8) is 0 Å². The molecule has 0 aliphatic heterocycles. The van der Waals surface area contributed by atoms with Gasteiger partial charge in [-0.2, -0.15) is 0 Å². The molecule has 5 aliphatic rings. The quantitative estimate of drug-likeness (QED) is 0.732. The first-order valence-corrected chi connectivity index (χ1v) is 9.46. The molecule has 0 aromatic carbocycles. The lowest BCUT2D eigenvalue weighted by Gasteiger charge is -2.60. The van der Waals surface area contributed by atoms with E-state index in [1.54, 1.807) is 38.5 Å². The minimum atomic E-state index is 0.707. The second-order valence-electron chi connectivity index (χ2n) is 8.80. The normalized spacial score (nSPS) is 46.4. The van der Waals surface area contributed by atoms with E-state index in [1.165, 1.54) is 38.5 Å². The van der Waals surface area contributed by atoms with E-state index in [1.807, 2.05) is 0 Å². The monoisotopic (exact) mass is 275 g/mol. The summed E-state index contributed by atoms with van der Waals surface area (Å²) in [6.07, 6.45) is 18.5. The average Bonchev–Trinajstić information content (AvgIpc) is 2.66. The van der Waals surface area contributed by atoms with Crippen LogP contribution in [0.4, 0.5) is 0 Å². The first-order chi connectivity index (χ1) is 9.79. The lowest BCUT2D eigenvalue weighted by Crippen LogP contribution is -2.57. The van der Waals surface area contributed by atoms with Crippen molar-refractivity contribution in [1.82, 2.24) is 5.32 Å². The molecule has 1 heteroatoms. The van der Waals surface area contributed by atoms with Crippen LogP contribution < -0.4 is 5.32 Å². The van der Waals surface area contributed by atoms with Gasteiger partial charge in [0.05, 0.1) is 0 Å². The number of hydrogen-bond donors (Lipinski definition) is 1. The minimum absolute atomic E-state index is 0.707. The van der Waals surface area contributed by atoms with Crippen LogP contribution in [0.25, 0.3) is 0 Å². The van der Waals surface area contributed by atoms with Crippen molar-refractivity contribution in [1.29, 1.82) is 0 Å². The maximum atomic E-state index is 3.86. The molecular weight excluding hydrogens is 242 g/mol. The Hall–Kier alpha value is -0.0400. The van der Waals surface area contributed by atoms with Crippen molar-refractivity contribution in [2.45, 2.75) is 83.1 Å². The van der Waals surface area contributed by atoms with Crippen LogP contribution in [-0.2, 0) is 0 Å². The number of hydrogen-bond acceptors (Lipinski definition) is 1. The van der Waals surface area contributed by atoms with E-state index in [-0.39, 0.29) is 0 Å². The van der Waals surface area contributed by atoms with Crippen molar-refractivity contribution in [3.8, 4) is 0 Å². The van der Waals surface area contributed by atoms with Gasteiger partial charge < -0.3 is 5.32 Å². The van der Waals surface area contributed by atoms with Crippen LogP contribution in [0.1, 0.15) is 77.0 Å². The molecule has 1 atom stereocenters. The first kappa shape index (κ1) is 13.6. The van der Waals surface area contributed by atoms with Crippen LogP contribution >= 0.6 is 0 Å². The molecule has 5 aliphatic carbocycles. The van der Waals surface area contributed by atoms with Gasteiger partial charge in [0.2, 0.25) is 0 Å². The highest BCUT2D eigenvalue weighted by molar-refractivity contribution is 5.07. The highest BCUT2D eigenvalue weighted by Crippen LogP contribution is 2.62. The van der Waals surface area contributed by atoms with Gasteiger partial charge in [0.15, 0.2) is 0 Å². The maximum absolute atomic E-state index is 3.86. The minimum Gasteiger partial charge on any atom is -0.316 e. The van der Waals surface area contributed by atoms with E-state index in [0.717, 1.165) is 29.7 Å². The van der Waals surface area contributed by atoms with Gasteiger partial charge in [0.25, 0.3) is 0 Å². The summed E-state index contributed by atoms with van der Waals surface area (Å²) in [5, 5.41) is 3.86. The van der Waals surface area contributed by atoms with E-state index in [2.05, 4.69) is 12.4 Å². The molecule has 0 radical (unpaired) electrons. The Morgan fingerprint density at radius 2 is 1.30 bits per heavy atom. The average molecular weight is 275 g/mol. The van der Waals surface area contributed by atoms with E-state index in [9.17, 15) is 0 Å². The Morgan fingerprint density at radius 1 is 0.800 bits per heavy atom. The summed E-state index contributed by atoms with van der Waals surface area (Å²) in [6, 6.07) is 0.842. The van der Waals surface area contributed by atoms with Crippen LogP contribution in [0.5, 0.6) is 0 Å². The Labute approximate surface area is 125 Å². The summed E-state index contributed by atoms with van der Waals surface area (Å²) >= 11 is 0. The molecule has 5 saturated carbocycles. The van der Waals surface area contributed by atoms with Gasteiger partial charge in [-0.3, -0.25) is 0 Å². The third kappa shape index (κ3) is 2.25. The zero-order valence-electron chi connectivity index (χ0n) is 13.4. The Kier molecular flexibility index (Phi) is 3.61. The molecule has 0 aromatic rings. The molecule has 0 saturated heterocycles. The molecule has 0 amide bonds. The smallest absolute Gasteiger partial charge is 0.0149 e. The second-order valence-corrected chi connectivity index (χ2v) is 8.80. The SMILES string of the molecule is CNC(C1CCCCCC1)C12CC3CC(CC(C3)C1)C2. The molecule has 5 rings (SSSR count). The van der Waals surface area contributed by atoms with Gasteiger partial charge in [-0.15, -0.1) is 0 Å². The maximum Gasteiger partial charge on any atom is 0.0149 e. The first-order valence-electron chi connectivity index (χ1n) is 9.46. The van der Waals surface area contributed by atoms with Crippen LogP contribution in [0.2, 0.25) is 0 Å². The molecule has 1 nitrogen and oxygen atoms in total. The fourth-order valence-electron chi connectivity index (χ4n) is 7.24. The summed E-state index contributed by atoms with van der Waals surface area (Å²) in [5.41, 5.74) is 0.707. The molecule has 114 valence electrons. The van der Waals surface area contributed by atoms with Crippen LogP contribution in [0.3, 0.4) is 0 Å². The van der Waals surface area contributed by atoms with Crippen molar-refractivity contribution < 1.29 is 0 Å². The standard InChI is InChI=1S/C19H33N/c1-20-18(17-6-4-2-3-5-7-17)19-11-14-8-15(12-19)10-16(9-14)13-19/h14-18,20H,2-13H2,1H3. The van der Waals surface area contributed by atoms with E-state index >= 15 is 0 Å². The highest BCUT2D eigenvalue weighted by atomic mass is 14.9. The molecule has 20 heavy (non-hydrogen) atoms.